The van der Waals surface area contributed by atoms with E-state index in [1.54, 1.807) is 11.3 Å². The number of nitrogens with zero attached hydrogens (tertiary/aromatic N) is 2. The molecule has 0 unspecified atom stereocenters. The summed E-state index contributed by atoms with van der Waals surface area (Å²) >= 11 is 5.08. The molecule has 4 heteroatoms. The molecule has 0 atom stereocenters. The first-order chi connectivity index (χ1) is 8.04. The lowest BCUT2D eigenvalue weighted by molar-refractivity contribution is 0.666. The zero-order chi connectivity index (χ0) is 12.5. The maximum atomic E-state index is 9.09. The topological polar surface area (TPSA) is 36.7 Å². The Morgan fingerprint density at radius 2 is 2.06 bits per heavy atom. The Bertz CT molecular complexity index is 581. The molecule has 1 aromatic carbocycles. The van der Waals surface area contributed by atoms with E-state index >= 15 is 0 Å². The van der Waals surface area contributed by atoms with Crippen molar-refractivity contribution < 1.29 is 0 Å². The monoisotopic (exact) mass is 306 g/mol. The second-order valence-electron chi connectivity index (χ2n) is 4.25. The molecule has 1 aromatic heterocycles. The van der Waals surface area contributed by atoms with Crippen molar-refractivity contribution in [3.05, 3.63) is 39.8 Å². The summed E-state index contributed by atoms with van der Waals surface area (Å²) in [4.78, 5) is 4.55. The Balaban J connectivity index is 2.45. The van der Waals surface area contributed by atoms with Gasteiger partial charge in [0.15, 0.2) is 0 Å². The fourth-order valence-electron chi connectivity index (χ4n) is 1.38. The van der Waals surface area contributed by atoms with E-state index in [4.69, 9.17) is 5.26 Å². The second kappa shape index (κ2) is 4.59. The first-order valence-electron chi connectivity index (χ1n) is 5.17. The number of rotatable bonds is 2. The number of benzene rings is 1. The van der Waals surface area contributed by atoms with Gasteiger partial charge >= 0.3 is 0 Å². The Kier molecular flexibility index (Phi) is 3.32. The number of halogens is 1. The molecule has 0 N–H and O–H groups in total. The van der Waals surface area contributed by atoms with Crippen LogP contribution < -0.4 is 0 Å². The smallest absolute Gasteiger partial charge is 0.124 e. The normalized spacial score (nSPS) is 11.2. The molecule has 0 aliphatic rings. The largest absolute Gasteiger partial charge is 0.239 e. The minimum atomic E-state index is -0.532. The van der Waals surface area contributed by atoms with Crippen LogP contribution in [0.4, 0.5) is 0 Å². The van der Waals surface area contributed by atoms with Crippen LogP contribution in [-0.2, 0) is 5.41 Å². The molecule has 0 aliphatic carbocycles. The van der Waals surface area contributed by atoms with Crippen LogP contribution in [0.25, 0.3) is 10.6 Å². The second-order valence-corrected chi connectivity index (χ2v) is 5.97. The highest BCUT2D eigenvalue weighted by Gasteiger charge is 2.23. The predicted molar refractivity (Wildman–Crippen MR) is 73.9 cm³/mol. The molecular formula is C13H11BrN2S. The summed E-state index contributed by atoms with van der Waals surface area (Å²) in [6, 6.07) is 10.2. The molecule has 0 radical (unpaired) electrons. The van der Waals surface area contributed by atoms with Gasteiger partial charge in [0.25, 0.3) is 0 Å². The molecule has 0 saturated carbocycles. The lowest BCUT2D eigenvalue weighted by atomic mass is 9.92. The minimum absolute atomic E-state index is 0.532. The van der Waals surface area contributed by atoms with Gasteiger partial charge in [-0.3, -0.25) is 0 Å². The lowest BCUT2D eigenvalue weighted by Crippen LogP contribution is -2.14. The van der Waals surface area contributed by atoms with E-state index in [-0.39, 0.29) is 0 Å². The van der Waals surface area contributed by atoms with Crippen molar-refractivity contribution in [1.82, 2.24) is 4.98 Å². The van der Waals surface area contributed by atoms with E-state index in [2.05, 4.69) is 27.0 Å². The summed E-state index contributed by atoms with van der Waals surface area (Å²) in [5, 5.41) is 12.0. The maximum Gasteiger partial charge on any atom is 0.124 e. The van der Waals surface area contributed by atoms with Crippen molar-refractivity contribution in [2.24, 2.45) is 0 Å². The Morgan fingerprint density at radius 1 is 1.35 bits per heavy atom. The van der Waals surface area contributed by atoms with Crippen LogP contribution in [0.1, 0.15) is 19.5 Å². The highest BCUT2D eigenvalue weighted by molar-refractivity contribution is 9.10. The van der Waals surface area contributed by atoms with Crippen molar-refractivity contribution in [2.75, 3.05) is 0 Å². The van der Waals surface area contributed by atoms with Gasteiger partial charge < -0.3 is 0 Å². The SMILES string of the molecule is CC(C)(C#N)c1csc(-c2ccccc2Br)n1. The van der Waals surface area contributed by atoms with Gasteiger partial charge in [-0.25, -0.2) is 4.98 Å². The van der Waals surface area contributed by atoms with Gasteiger partial charge in [0, 0.05) is 15.4 Å². The third-order valence-electron chi connectivity index (χ3n) is 2.53. The lowest BCUT2D eigenvalue weighted by Gasteiger charge is -2.10. The summed E-state index contributed by atoms with van der Waals surface area (Å²) in [7, 11) is 0. The van der Waals surface area contributed by atoms with Gasteiger partial charge in [-0.1, -0.05) is 34.1 Å². The van der Waals surface area contributed by atoms with Gasteiger partial charge in [0.05, 0.1) is 17.2 Å². The van der Waals surface area contributed by atoms with Crippen molar-refractivity contribution >= 4 is 27.3 Å². The number of thiazole rings is 1. The summed E-state index contributed by atoms with van der Waals surface area (Å²) in [5.41, 5.74) is 1.36. The van der Waals surface area contributed by atoms with Crippen LogP contribution in [0.15, 0.2) is 34.1 Å². The number of nitriles is 1. The fraction of sp³-hybridized carbons (Fsp3) is 0.231. The van der Waals surface area contributed by atoms with Gasteiger partial charge in [0.2, 0.25) is 0 Å². The fourth-order valence-corrected chi connectivity index (χ4v) is 3.01. The van der Waals surface area contributed by atoms with Crippen LogP contribution in [0.2, 0.25) is 0 Å². The van der Waals surface area contributed by atoms with Crippen molar-refractivity contribution in [3.8, 4) is 16.6 Å². The third kappa shape index (κ3) is 2.41. The van der Waals surface area contributed by atoms with E-state index in [0.29, 0.717) is 0 Å². The molecule has 86 valence electrons. The molecule has 17 heavy (non-hydrogen) atoms. The van der Waals surface area contributed by atoms with Crippen molar-refractivity contribution in [1.29, 1.82) is 5.26 Å². The Morgan fingerprint density at radius 3 is 2.71 bits per heavy atom. The zero-order valence-corrected chi connectivity index (χ0v) is 12.0. The van der Waals surface area contributed by atoms with Gasteiger partial charge in [-0.15, -0.1) is 11.3 Å². The van der Waals surface area contributed by atoms with Crippen molar-refractivity contribution in [3.63, 3.8) is 0 Å². The molecule has 0 spiro atoms. The van der Waals surface area contributed by atoms with Crippen LogP contribution >= 0.6 is 27.3 Å². The minimum Gasteiger partial charge on any atom is -0.239 e. The molecule has 0 saturated heterocycles. The molecule has 0 fully saturated rings. The highest BCUT2D eigenvalue weighted by Crippen LogP contribution is 2.33. The van der Waals surface area contributed by atoms with Crippen LogP contribution in [0.5, 0.6) is 0 Å². The summed E-state index contributed by atoms with van der Waals surface area (Å²) in [5.74, 6) is 0. The average Bonchev–Trinajstić information content (AvgIpc) is 2.79. The number of hydrogen-bond donors (Lipinski definition) is 0. The van der Waals surface area contributed by atoms with Crippen LogP contribution in [0.3, 0.4) is 0 Å². The first kappa shape index (κ1) is 12.3. The summed E-state index contributed by atoms with van der Waals surface area (Å²) in [6.45, 7) is 3.76. The predicted octanol–water partition coefficient (Wildman–Crippen LogP) is 4.37. The van der Waals surface area contributed by atoms with Gasteiger partial charge in [-0.05, 0) is 19.9 Å². The molecule has 2 rings (SSSR count). The molecular weight excluding hydrogens is 296 g/mol. The van der Waals surface area contributed by atoms with Gasteiger partial charge in [-0.2, -0.15) is 5.26 Å². The quantitative estimate of drug-likeness (QED) is 0.826. The van der Waals surface area contributed by atoms with Gasteiger partial charge in [0.1, 0.15) is 5.01 Å². The summed E-state index contributed by atoms with van der Waals surface area (Å²) < 4.78 is 1.02. The summed E-state index contributed by atoms with van der Waals surface area (Å²) in [6.07, 6.45) is 0. The molecule has 0 bridgehead atoms. The standard InChI is InChI=1S/C13H11BrN2S/c1-13(2,8-15)11-7-17-12(16-11)9-5-3-4-6-10(9)14/h3-7H,1-2H3. The Labute approximate surface area is 113 Å². The van der Waals surface area contributed by atoms with E-state index in [1.165, 1.54) is 0 Å². The van der Waals surface area contributed by atoms with Crippen LogP contribution in [0, 0.1) is 11.3 Å². The van der Waals surface area contributed by atoms with E-state index < -0.39 is 5.41 Å². The molecule has 1 heterocycles. The number of hydrogen-bond acceptors (Lipinski definition) is 3. The third-order valence-corrected chi connectivity index (χ3v) is 4.10. The van der Waals surface area contributed by atoms with E-state index in [1.807, 2.05) is 43.5 Å². The molecule has 2 aromatic rings. The van der Waals surface area contributed by atoms with E-state index in [0.717, 1.165) is 20.7 Å². The zero-order valence-electron chi connectivity index (χ0n) is 9.57. The maximum absolute atomic E-state index is 9.09. The first-order valence-corrected chi connectivity index (χ1v) is 6.84. The molecule has 0 amide bonds. The Hall–Kier alpha value is -1.18. The molecule has 0 aliphatic heterocycles. The van der Waals surface area contributed by atoms with Crippen LogP contribution in [-0.4, -0.2) is 4.98 Å². The number of aromatic nitrogens is 1. The van der Waals surface area contributed by atoms with Crippen molar-refractivity contribution in [2.45, 2.75) is 19.3 Å². The average molecular weight is 307 g/mol. The highest BCUT2D eigenvalue weighted by atomic mass is 79.9. The molecule has 2 nitrogen and oxygen atoms in total. The van der Waals surface area contributed by atoms with E-state index in [9.17, 15) is 0 Å².